The SMILES string of the molecule is Nc1cccc(C(=O)c2ccc(Cl)cc2F)c1. The highest BCUT2D eigenvalue weighted by Gasteiger charge is 2.14. The van der Waals surface area contributed by atoms with Crippen LogP contribution in [0, 0.1) is 5.82 Å². The monoisotopic (exact) mass is 249 g/mol. The summed E-state index contributed by atoms with van der Waals surface area (Å²) in [6.45, 7) is 0. The molecule has 86 valence electrons. The number of halogens is 2. The van der Waals surface area contributed by atoms with E-state index in [2.05, 4.69) is 0 Å². The van der Waals surface area contributed by atoms with Gasteiger partial charge in [0, 0.05) is 16.3 Å². The van der Waals surface area contributed by atoms with Crippen molar-refractivity contribution >= 4 is 23.1 Å². The van der Waals surface area contributed by atoms with Crippen molar-refractivity contribution in [3.8, 4) is 0 Å². The Morgan fingerprint density at radius 2 is 1.94 bits per heavy atom. The Morgan fingerprint density at radius 1 is 1.18 bits per heavy atom. The second-order valence-electron chi connectivity index (χ2n) is 3.58. The van der Waals surface area contributed by atoms with E-state index >= 15 is 0 Å². The van der Waals surface area contributed by atoms with E-state index in [0.29, 0.717) is 11.3 Å². The lowest BCUT2D eigenvalue weighted by molar-refractivity contribution is 0.103. The van der Waals surface area contributed by atoms with Crippen molar-refractivity contribution in [3.63, 3.8) is 0 Å². The fourth-order valence-corrected chi connectivity index (χ4v) is 1.67. The molecule has 0 aromatic heterocycles. The molecule has 0 aliphatic carbocycles. The van der Waals surface area contributed by atoms with Crippen LogP contribution in [0.3, 0.4) is 0 Å². The normalized spacial score (nSPS) is 10.2. The highest BCUT2D eigenvalue weighted by Crippen LogP contribution is 2.18. The average Bonchev–Trinajstić information content (AvgIpc) is 2.28. The number of hydrogen-bond donors (Lipinski definition) is 1. The van der Waals surface area contributed by atoms with Gasteiger partial charge in [-0.15, -0.1) is 0 Å². The first-order valence-electron chi connectivity index (χ1n) is 4.93. The lowest BCUT2D eigenvalue weighted by atomic mass is 10.0. The Kier molecular flexibility index (Phi) is 3.11. The molecule has 0 bridgehead atoms. The molecule has 2 aromatic rings. The van der Waals surface area contributed by atoms with Gasteiger partial charge in [-0.1, -0.05) is 23.7 Å². The van der Waals surface area contributed by atoms with Crippen LogP contribution in [0.5, 0.6) is 0 Å². The number of anilines is 1. The predicted octanol–water partition coefficient (Wildman–Crippen LogP) is 3.29. The van der Waals surface area contributed by atoms with Crippen molar-refractivity contribution in [1.29, 1.82) is 0 Å². The second kappa shape index (κ2) is 4.55. The summed E-state index contributed by atoms with van der Waals surface area (Å²) < 4.78 is 13.6. The first-order valence-corrected chi connectivity index (χ1v) is 5.31. The average molecular weight is 250 g/mol. The molecule has 17 heavy (non-hydrogen) atoms. The summed E-state index contributed by atoms with van der Waals surface area (Å²) in [5.74, 6) is -1.05. The number of nitrogens with two attached hydrogens (primary N) is 1. The first kappa shape index (κ1) is 11.6. The minimum absolute atomic E-state index is 0.0139. The number of carbonyl (C=O) groups is 1. The molecule has 0 fully saturated rings. The van der Waals surface area contributed by atoms with E-state index in [9.17, 15) is 9.18 Å². The summed E-state index contributed by atoms with van der Waals surface area (Å²) in [5.41, 5.74) is 6.37. The highest BCUT2D eigenvalue weighted by molar-refractivity contribution is 6.30. The van der Waals surface area contributed by atoms with Crippen LogP contribution >= 0.6 is 11.6 Å². The van der Waals surface area contributed by atoms with E-state index in [4.69, 9.17) is 17.3 Å². The maximum atomic E-state index is 13.6. The Labute approximate surface area is 103 Å². The lowest BCUT2D eigenvalue weighted by Gasteiger charge is -2.04. The quantitative estimate of drug-likeness (QED) is 0.656. The van der Waals surface area contributed by atoms with Gasteiger partial charge in [0.05, 0.1) is 5.56 Å². The summed E-state index contributed by atoms with van der Waals surface area (Å²) >= 11 is 5.62. The van der Waals surface area contributed by atoms with Crippen LogP contribution in [0.15, 0.2) is 42.5 Å². The zero-order valence-corrected chi connectivity index (χ0v) is 9.54. The molecule has 0 unspecified atom stereocenters. The van der Waals surface area contributed by atoms with Crippen LogP contribution in [0.4, 0.5) is 10.1 Å². The van der Waals surface area contributed by atoms with Crippen molar-refractivity contribution in [2.24, 2.45) is 0 Å². The second-order valence-corrected chi connectivity index (χ2v) is 4.02. The molecule has 0 spiro atoms. The van der Waals surface area contributed by atoms with E-state index in [-0.39, 0.29) is 10.6 Å². The van der Waals surface area contributed by atoms with Gasteiger partial charge < -0.3 is 5.73 Å². The molecular weight excluding hydrogens is 241 g/mol. The van der Waals surface area contributed by atoms with Crippen LogP contribution in [0.2, 0.25) is 5.02 Å². The molecule has 0 amide bonds. The van der Waals surface area contributed by atoms with Crippen LogP contribution in [-0.2, 0) is 0 Å². The van der Waals surface area contributed by atoms with E-state index < -0.39 is 11.6 Å². The molecule has 4 heteroatoms. The first-order chi connectivity index (χ1) is 8.08. The third-order valence-corrected chi connectivity index (χ3v) is 2.56. The number of carbonyl (C=O) groups excluding carboxylic acids is 1. The number of rotatable bonds is 2. The number of nitrogen functional groups attached to an aromatic ring is 1. The number of benzene rings is 2. The Balaban J connectivity index is 2.44. The van der Waals surface area contributed by atoms with Gasteiger partial charge in [0.1, 0.15) is 5.82 Å². The van der Waals surface area contributed by atoms with Crippen LogP contribution in [-0.4, -0.2) is 5.78 Å². The fraction of sp³-hybridized carbons (Fsp3) is 0. The van der Waals surface area contributed by atoms with Gasteiger partial charge in [0.25, 0.3) is 0 Å². The van der Waals surface area contributed by atoms with Gasteiger partial charge in [0.15, 0.2) is 5.78 Å². The van der Waals surface area contributed by atoms with Crippen LogP contribution in [0.25, 0.3) is 0 Å². The van der Waals surface area contributed by atoms with E-state index in [0.717, 1.165) is 6.07 Å². The van der Waals surface area contributed by atoms with Crippen LogP contribution in [0.1, 0.15) is 15.9 Å². The maximum Gasteiger partial charge on any atom is 0.196 e. The summed E-state index contributed by atoms with van der Waals surface area (Å²) in [4.78, 5) is 12.0. The van der Waals surface area contributed by atoms with E-state index in [1.807, 2.05) is 0 Å². The zero-order chi connectivity index (χ0) is 12.4. The molecule has 0 heterocycles. The van der Waals surface area contributed by atoms with Crippen molar-refractivity contribution < 1.29 is 9.18 Å². The lowest BCUT2D eigenvalue weighted by Crippen LogP contribution is -2.04. The number of ketones is 1. The molecule has 0 aliphatic heterocycles. The largest absolute Gasteiger partial charge is 0.399 e. The molecule has 0 radical (unpaired) electrons. The molecule has 2 nitrogen and oxygen atoms in total. The van der Waals surface area contributed by atoms with Gasteiger partial charge in [0.2, 0.25) is 0 Å². The molecule has 0 atom stereocenters. The summed E-state index contributed by atoms with van der Waals surface area (Å²) in [5, 5.41) is 0.256. The van der Waals surface area contributed by atoms with Crippen LogP contribution < -0.4 is 5.73 Å². The smallest absolute Gasteiger partial charge is 0.196 e. The topological polar surface area (TPSA) is 43.1 Å². The Hall–Kier alpha value is -1.87. The summed E-state index contributed by atoms with van der Waals surface area (Å²) in [7, 11) is 0. The third-order valence-electron chi connectivity index (χ3n) is 2.32. The third kappa shape index (κ3) is 2.45. The molecular formula is C13H9ClFNO. The molecule has 0 saturated heterocycles. The minimum Gasteiger partial charge on any atom is -0.399 e. The minimum atomic E-state index is -0.634. The standard InChI is InChI=1S/C13H9ClFNO/c14-9-4-5-11(12(15)7-9)13(17)8-2-1-3-10(16)6-8/h1-7H,16H2. The highest BCUT2D eigenvalue weighted by atomic mass is 35.5. The molecule has 2 rings (SSSR count). The van der Waals surface area contributed by atoms with Gasteiger partial charge in [-0.3, -0.25) is 4.79 Å². The maximum absolute atomic E-state index is 13.6. The summed E-state index contributed by atoms with van der Waals surface area (Å²) in [6, 6.07) is 10.4. The van der Waals surface area contributed by atoms with Gasteiger partial charge >= 0.3 is 0 Å². The van der Waals surface area contributed by atoms with Crippen molar-refractivity contribution in [1.82, 2.24) is 0 Å². The predicted molar refractivity (Wildman–Crippen MR) is 65.7 cm³/mol. The molecule has 0 saturated carbocycles. The zero-order valence-electron chi connectivity index (χ0n) is 8.78. The van der Waals surface area contributed by atoms with E-state index in [1.54, 1.807) is 18.2 Å². The van der Waals surface area contributed by atoms with E-state index in [1.165, 1.54) is 18.2 Å². The molecule has 2 aromatic carbocycles. The summed E-state index contributed by atoms with van der Waals surface area (Å²) in [6.07, 6.45) is 0. The van der Waals surface area contributed by atoms with Gasteiger partial charge in [-0.25, -0.2) is 4.39 Å². The Bertz CT molecular complexity index is 583. The van der Waals surface area contributed by atoms with Gasteiger partial charge in [-0.05, 0) is 30.3 Å². The molecule has 0 aliphatic rings. The Morgan fingerprint density at radius 3 is 2.59 bits per heavy atom. The van der Waals surface area contributed by atoms with Crippen molar-refractivity contribution in [3.05, 3.63) is 64.4 Å². The fourth-order valence-electron chi connectivity index (χ4n) is 1.51. The van der Waals surface area contributed by atoms with Crippen molar-refractivity contribution in [2.45, 2.75) is 0 Å². The molecule has 2 N–H and O–H groups in total. The van der Waals surface area contributed by atoms with Crippen molar-refractivity contribution in [2.75, 3.05) is 5.73 Å². The van der Waals surface area contributed by atoms with Gasteiger partial charge in [-0.2, -0.15) is 0 Å². The number of hydrogen-bond acceptors (Lipinski definition) is 2.